The summed E-state index contributed by atoms with van der Waals surface area (Å²) in [5.41, 5.74) is 0.830. The molecule has 20 heavy (non-hydrogen) atoms. The van der Waals surface area contributed by atoms with E-state index < -0.39 is 10.2 Å². The third kappa shape index (κ3) is 4.15. The van der Waals surface area contributed by atoms with Gasteiger partial charge in [0.15, 0.2) is 5.13 Å². The highest BCUT2D eigenvalue weighted by atomic mass is 32.2. The molecule has 2 N–H and O–H groups in total. The molecule has 0 saturated carbocycles. The van der Waals surface area contributed by atoms with Gasteiger partial charge in [0, 0.05) is 18.5 Å². The van der Waals surface area contributed by atoms with Gasteiger partial charge in [-0.05, 0) is 38.8 Å². The van der Waals surface area contributed by atoms with Gasteiger partial charge in [-0.2, -0.15) is 12.7 Å². The second kappa shape index (κ2) is 6.84. The first-order valence-corrected chi connectivity index (χ1v) is 9.24. The van der Waals surface area contributed by atoms with Crippen LogP contribution in [0.3, 0.4) is 0 Å². The van der Waals surface area contributed by atoms with Crippen LogP contribution in [-0.2, 0) is 10.2 Å². The van der Waals surface area contributed by atoms with Gasteiger partial charge < -0.3 is 5.32 Å². The van der Waals surface area contributed by atoms with Crippen molar-refractivity contribution in [3.8, 4) is 0 Å². The van der Waals surface area contributed by atoms with Gasteiger partial charge in [-0.3, -0.25) is 0 Å². The van der Waals surface area contributed by atoms with Gasteiger partial charge in [0.25, 0.3) is 0 Å². The molecule has 8 heteroatoms. The molecule has 2 heterocycles. The van der Waals surface area contributed by atoms with Gasteiger partial charge in [0.05, 0.1) is 5.69 Å². The molecule has 0 aromatic carbocycles. The molecule has 2 rings (SSSR count). The van der Waals surface area contributed by atoms with E-state index in [2.05, 4.69) is 21.9 Å². The first-order valence-electron chi connectivity index (χ1n) is 6.92. The van der Waals surface area contributed by atoms with Gasteiger partial charge in [0.1, 0.15) is 0 Å². The first-order chi connectivity index (χ1) is 9.51. The molecule has 1 aromatic heterocycles. The predicted molar refractivity (Wildman–Crippen MR) is 82.2 cm³/mol. The number of hydrogen-bond acceptors (Lipinski definition) is 5. The SMILES string of the molecule is CCNCC1CCCN(S(=O)(=O)Nc2nc(C)cs2)C1. The molecule has 1 aliphatic heterocycles. The summed E-state index contributed by atoms with van der Waals surface area (Å²) in [5, 5.41) is 5.57. The monoisotopic (exact) mass is 318 g/mol. The Kier molecular flexibility index (Phi) is 5.36. The Balaban J connectivity index is 1.97. The average molecular weight is 318 g/mol. The number of nitrogens with one attached hydrogen (secondary N) is 2. The molecule has 6 nitrogen and oxygen atoms in total. The average Bonchev–Trinajstić information content (AvgIpc) is 2.81. The Morgan fingerprint density at radius 2 is 2.35 bits per heavy atom. The molecule has 0 amide bonds. The molecule has 1 unspecified atom stereocenters. The number of nitrogens with zero attached hydrogens (tertiary/aromatic N) is 2. The van der Waals surface area contributed by atoms with Crippen LogP contribution in [0.1, 0.15) is 25.5 Å². The zero-order valence-electron chi connectivity index (χ0n) is 11.9. The Hall–Kier alpha value is -0.700. The summed E-state index contributed by atoms with van der Waals surface area (Å²) in [6.45, 7) is 6.86. The predicted octanol–water partition coefficient (Wildman–Crippen LogP) is 1.43. The molecule has 1 fully saturated rings. The molecule has 0 radical (unpaired) electrons. The zero-order valence-corrected chi connectivity index (χ0v) is 13.6. The second-order valence-electron chi connectivity index (χ2n) is 5.08. The summed E-state index contributed by atoms with van der Waals surface area (Å²) in [5.74, 6) is 0.387. The standard InChI is InChI=1S/C12H22N4O2S2/c1-3-13-7-11-5-4-6-16(8-11)20(17,18)15-12-14-10(2)9-19-12/h9,11,13H,3-8H2,1-2H3,(H,14,15). The van der Waals surface area contributed by atoms with Crippen molar-refractivity contribution in [2.45, 2.75) is 26.7 Å². The van der Waals surface area contributed by atoms with E-state index in [9.17, 15) is 8.42 Å². The molecule has 0 aliphatic carbocycles. The van der Waals surface area contributed by atoms with E-state index in [1.807, 2.05) is 12.3 Å². The smallest absolute Gasteiger partial charge is 0.303 e. The van der Waals surface area contributed by atoms with Gasteiger partial charge in [-0.15, -0.1) is 11.3 Å². The van der Waals surface area contributed by atoms with Crippen LogP contribution in [-0.4, -0.2) is 43.9 Å². The minimum Gasteiger partial charge on any atom is -0.317 e. The number of thiazole rings is 1. The van der Waals surface area contributed by atoms with Gasteiger partial charge >= 0.3 is 10.2 Å². The van der Waals surface area contributed by atoms with E-state index in [4.69, 9.17) is 0 Å². The van der Waals surface area contributed by atoms with Crippen molar-refractivity contribution >= 4 is 26.7 Å². The molecular formula is C12H22N4O2S2. The molecule has 0 bridgehead atoms. The molecular weight excluding hydrogens is 296 g/mol. The van der Waals surface area contributed by atoms with Crippen molar-refractivity contribution < 1.29 is 8.42 Å². The second-order valence-corrected chi connectivity index (χ2v) is 7.60. The molecule has 1 atom stereocenters. The number of rotatable bonds is 6. The number of hydrogen-bond donors (Lipinski definition) is 2. The highest BCUT2D eigenvalue weighted by Crippen LogP contribution is 2.22. The largest absolute Gasteiger partial charge is 0.317 e. The fourth-order valence-corrected chi connectivity index (χ4v) is 4.55. The third-order valence-electron chi connectivity index (χ3n) is 3.34. The third-order valence-corrected chi connectivity index (χ3v) is 5.81. The minimum absolute atomic E-state index is 0.387. The van der Waals surface area contributed by atoms with Crippen LogP contribution in [0.4, 0.5) is 5.13 Å². The van der Waals surface area contributed by atoms with Gasteiger partial charge in [-0.1, -0.05) is 6.92 Å². The molecule has 114 valence electrons. The van der Waals surface area contributed by atoms with E-state index in [0.717, 1.165) is 31.6 Å². The van der Waals surface area contributed by atoms with Gasteiger partial charge in [0.2, 0.25) is 0 Å². The Morgan fingerprint density at radius 1 is 1.55 bits per heavy atom. The van der Waals surface area contributed by atoms with Crippen LogP contribution >= 0.6 is 11.3 Å². The van der Waals surface area contributed by atoms with E-state index >= 15 is 0 Å². The molecule has 1 aliphatic rings. The van der Waals surface area contributed by atoms with E-state index in [-0.39, 0.29) is 0 Å². The van der Waals surface area contributed by atoms with Crippen LogP contribution in [0.25, 0.3) is 0 Å². The maximum Gasteiger partial charge on any atom is 0.303 e. The summed E-state index contributed by atoms with van der Waals surface area (Å²) in [4.78, 5) is 4.15. The number of aryl methyl sites for hydroxylation is 1. The molecule has 1 saturated heterocycles. The number of anilines is 1. The normalized spacial score (nSPS) is 21.0. The first kappa shape index (κ1) is 15.7. The van der Waals surface area contributed by atoms with Crippen LogP contribution in [0.2, 0.25) is 0 Å². The topological polar surface area (TPSA) is 74.3 Å². The van der Waals surface area contributed by atoms with Crippen molar-refractivity contribution in [2.75, 3.05) is 30.9 Å². The summed E-state index contributed by atoms with van der Waals surface area (Å²) < 4.78 is 28.8. The fraction of sp³-hybridized carbons (Fsp3) is 0.750. The highest BCUT2D eigenvalue weighted by Gasteiger charge is 2.29. The molecule has 0 spiro atoms. The molecule has 1 aromatic rings. The van der Waals surface area contributed by atoms with Gasteiger partial charge in [-0.25, -0.2) is 9.71 Å². The Morgan fingerprint density at radius 3 is 3.00 bits per heavy atom. The lowest BCUT2D eigenvalue weighted by Crippen LogP contribution is -2.45. The maximum atomic E-state index is 12.3. The van der Waals surface area contributed by atoms with Crippen molar-refractivity contribution in [3.63, 3.8) is 0 Å². The summed E-state index contributed by atoms with van der Waals surface area (Å²) >= 11 is 1.31. The van der Waals surface area contributed by atoms with Crippen molar-refractivity contribution in [1.82, 2.24) is 14.6 Å². The van der Waals surface area contributed by atoms with E-state index in [1.165, 1.54) is 15.6 Å². The quantitative estimate of drug-likeness (QED) is 0.832. The lowest BCUT2D eigenvalue weighted by Gasteiger charge is -2.31. The summed E-state index contributed by atoms with van der Waals surface area (Å²) in [6.07, 6.45) is 1.99. The number of aromatic nitrogens is 1. The zero-order chi connectivity index (χ0) is 14.6. The minimum atomic E-state index is -3.48. The van der Waals surface area contributed by atoms with Crippen LogP contribution < -0.4 is 10.0 Å². The van der Waals surface area contributed by atoms with Crippen molar-refractivity contribution in [1.29, 1.82) is 0 Å². The fourth-order valence-electron chi connectivity index (χ4n) is 2.34. The van der Waals surface area contributed by atoms with Crippen molar-refractivity contribution in [3.05, 3.63) is 11.1 Å². The van der Waals surface area contributed by atoms with E-state index in [0.29, 0.717) is 24.1 Å². The van der Waals surface area contributed by atoms with Crippen LogP contribution in [0.15, 0.2) is 5.38 Å². The lowest BCUT2D eigenvalue weighted by atomic mass is 10.00. The Labute approximate surface area is 124 Å². The van der Waals surface area contributed by atoms with Crippen LogP contribution in [0, 0.1) is 12.8 Å². The lowest BCUT2D eigenvalue weighted by molar-refractivity contribution is 0.262. The summed E-state index contributed by atoms with van der Waals surface area (Å²) in [6, 6.07) is 0. The number of piperidine rings is 1. The maximum absolute atomic E-state index is 12.3. The van der Waals surface area contributed by atoms with E-state index in [1.54, 1.807) is 0 Å². The van der Waals surface area contributed by atoms with Crippen LogP contribution in [0.5, 0.6) is 0 Å². The highest BCUT2D eigenvalue weighted by molar-refractivity contribution is 7.90. The Bertz CT molecular complexity index is 529. The van der Waals surface area contributed by atoms with Crippen molar-refractivity contribution in [2.24, 2.45) is 5.92 Å². The summed E-state index contributed by atoms with van der Waals surface area (Å²) in [7, 11) is -3.48.